The Kier molecular flexibility index (Phi) is 6.29. The molecule has 29 heavy (non-hydrogen) atoms. The third kappa shape index (κ3) is 4.30. The summed E-state index contributed by atoms with van der Waals surface area (Å²) in [6.45, 7) is 4.03. The van der Waals surface area contributed by atoms with Crippen molar-refractivity contribution in [3.8, 4) is 0 Å². The molecular weight excluding hydrogens is 392 g/mol. The number of hydrazone groups is 1. The molecule has 0 atom stereocenters. The number of hydrogen-bond acceptors (Lipinski definition) is 6. The molecule has 9 heteroatoms. The monoisotopic (exact) mass is 416 g/mol. The average molecular weight is 417 g/mol. The van der Waals surface area contributed by atoms with Crippen molar-refractivity contribution >= 4 is 27.1 Å². The van der Waals surface area contributed by atoms with Crippen molar-refractivity contribution in [2.24, 2.45) is 5.10 Å². The van der Waals surface area contributed by atoms with Gasteiger partial charge in [0.2, 0.25) is 10.0 Å². The number of nitro groups is 1. The van der Waals surface area contributed by atoms with Crippen LogP contribution in [0.2, 0.25) is 0 Å². The van der Waals surface area contributed by atoms with Crippen LogP contribution < -0.4 is 5.43 Å². The first-order chi connectivity index (χ1) is 13.9. The standard InChI is InChI=1S/C20H24N4O4S/c1-3-23(4-2)29(27,28)16-12-13-19(20(14-16)24(25)26)22-21-18-11-7-9-15-8-5-6-10-17(15)18/h5-6,8,10,12-14,22H,3-4,7,9,11H2,1-2H3. The van der Waals surface area contributed by atoms with Crippen molar-refractivity contribution in [1.82, 2.24) is 4.31 Å². The number of hydrogen-bond donors (Lipinski definition) is 1. The van der Waals surface area contributed by atoms with Crippen molar-refractivity contribution in [3.05, 3.63) is 63.7 Å². The van der Waals surface area contributed by atoms with Gasteiger partial charge in [0, 0.05) is 24.7 Å². The van der Waals surface area contributed by atoms with E-state index in [1.807, 2.05) is 18.2 Å². The number of rotatable bonds is 7. The molecule has 2 aromatic rings. The smallest absolute Gasteiger partial charge is 0.271 e. The first-order valence-electron chi connectivity index (χ1n) is 9.58. The normalized spacial score (nSPS) is 15.3. The Morgan fingerprint density at radius 2 is 1.86 bits per heavy atom. The van der Waals surface area contributed by atoms with Crippen LogP contribution in [0.4, 0.5) is 11.4 Å². The summed E-state index contributed by atoms with van der Waals surface area (Å²) < 4.78 is 26.6. The number of fused-ring (bicyclic) bond motifs is 1. The van der Waals surface area contributed by atoms with Crippen molar-refractivity contribution in [2.75, 3.05) is 18.5 Å². The molecule has 0 aliphatic heterocycles. The van der Waals surface area contributed by atoms with E-state index in [9.17, 15) is 18.5 Å². The van der Waals surface area contributed by atoms with Crippen LogP contribution in [0.1, 0.15) is 37.8 Å². The van der Waals surface area contributed by atoms with E-state index in [1.54, 1.807) is 13.8 Å². The van der Waals surface area contributed by atoms with E-state index in [2.05, 4.69) is 16.6 Å². The summed E-state index contributed by atoms with van der Waals surface area (Å²) in [6, 6.07) is 11.8. The second-order valence-electron chi connectivity index (χ2n) is 6.71. The van der Waals surface area contributed by atoms with E-state index in [4.69, 9.17) is 0 Å². The predicted octanol–water partition coefficient (Wildman–Crippen LogP) is 3.78. The van der Waals surface area contributed by atoms with Gasteiger partial charge in [-0.05, 0) is 37.0 Å². The highest BCUT2D eigenvalue weighted by molar-refractivity contribution is 7.89. The summed E-state index contributed by atoms with van der Waals surface area (Å²) >= 11 is 0. The summed E-state index contributed by atoms with van der Waals surface area (Å²) in [4.78, 5) is 10.9. The third-order valence-corrected chi connectivity index (χ3v) is 7.05. The molecule has 0 fully saturated rings. The van der Waals surface area contributed by atoms with Gasteiger partial charge in [-0.15, -0.1) is 0 Å². The number of benzene rings is 2. The maximum Gasteiger partial charge on any atom is 0.295 e. The average Bonchev–Trinajstić information content (AvgIpc) is 2.72. The predicted molar refractivity (Wildman–Crippen MR) is 113 cm³/mol. The first-order valence-corrected chi connectivity index (χ1v) is 11.0. The van der Waals surface area contributed by atoms with Gasteiger partial charge in [0.1, 0.15) is 5.69 Å². The van der Waals surface area contributed by atoms with Crippen molar-refractivity contribution < 1.29 is 13.3 Å². The Morgan fingerprint density at radius 1 is 1.14 bits per heavy atom. The second-order valence-corrected chi connectivity index (χ2v) is 8.64. The number of anilines is 1. The largest absolute Gasteiger partial charge is 0.295 e. The Bertz CT molecular complexity index is 1050. The molecule has 0 unspecified atom stereocenters. The summed E-state index contributed by atoms with van der Waals surface area (Å²) in [7, 11) is -3.78. The molecule has 3 rings (SSSR count). The molecule has 0 heterocycles. The molecule has 0 bridgehead atoms. The molecule has 0 saturated carbocycles. The lowest BCUT2D eigenvalue weighted by atomic mass is 9.90. The summed E-state index contributed by atoms with van der Waals surface area (Å²) in [5.41, 5.74) is 5.68. The molecule has 0 radical (unpaired) electrons. The van der Waals surface area contributed by atoms with Crippen LogP contribution in [0.15, 0.2) is 52.5 Å². The van der Waals surface area contributed by atoms with E-state index < -0.39 is 14.9 Å². The zero-order valence-electron chi connectivity index (χ0n) is 16.5. The number of nitro benzene ring substituents is 1. The number of nitrogens with one attached hydrogen (secondary N) is 1. The Labute approximate surface area is 170 Å². The van der Waals surface area contributed by atoms with E-state index in [0.29, 0.717) is 13.1 Å². The third-order valence-electron chi connectivity index (χ3n) is 5.01. The molecule has 1 aliphatic carbocycles. The highest BCUT2D eigenvalue weighted by Crippen LogP contribution is 2.30. The van der Waals surface area contributed by atoms with Gasteiger partial charge >= 0.3 is 0 Å². The molecule has 2 aromatic carbocycles. The molecule has 0 saturated heterocycles. The Balaban J connectivity index is 1.95. The van der Waals surface area contributed by atoms with Crippen molar-refractivity contribution in [2.45, 2.75) is 38.0 Å². The Morgan fingerprint density at radius 3 is 2.55 bits per heavy atom. The van der Waals surface area contributed by atoms with E-state index in [1.165, 1.54) is 22.0 Å². The lowest BCUT2D eigenvalue weighted by Gasteiger charge is -2.19. The van der Waals surface area contributed by atoms with Crippen LogP contribution in [0.5, 0.6) is 0 Å². The highest BCUT2D eigenvalue weighted by atomic mass is 32.2. The summed E-state index contributed by atoms with van der Waals surface area (Å²) in [5, 5.41) is 16.0. The topological polar surface area (TPSA) is 105 Å². The van der Waals surface area contributed by atoms with Crippen LogP contribution >= 0.6 is 0 Å². The van der Waals surface area contributed by atoms with E-state index in [-0.39, 0.29) is 16.3 Å². The van der Waals surface area contributed by atoms with Gasteiger partial charge in [-0.3, -0.25) is 15.5 Å². The van der Waals surface area contributed by atoms with E-state index >= 15 is 0 Å². The fourth-order valence-corrected chi connectivity index (χ4v) is 4.95. The fourth-order valence-electron chi connectivity index (χ4n) is 3.47. The van der Waals surface area contributed by atoms with E-state index in [0.717, 1.165) is 36.6 Å². The molecule has 154 valence electrons. The van der Waals surface area contributed by atoms with Crippen LogP contribution in [0, 0.1) is 10.1 Å². The second kappa shape index (κ2) is 8.71. The van der Waals surface area contributed by atoms with Crippen LogP contribution in [-0.2, 0) is 16.4 Å². The summed E-state index contributed by atoms with van der Waals surface area (Å²) in [6.07, 6.45) is 2.71. The highest BCUT2D eigenvalue weighted by Gasteiger charge is 2.26. The maximum atomic E-state index is 12.7. The van der Waals surface area contributed by atoms with Gasteiger partial charge in [0.25, 0.3) is 5.69 Å². The summed E-state index contributed by atoms with van der Waals surface area (Å²) in [5.74, 6) is 0. The van der Waals surface area contributed by atoms with Gasteiger partial charge < -0.3 is 0 Å². The Hall–Kier alpha value is -2.78. The van der Waals surface area contributed by atoms with Crippen molar-refractivity contribution in [3.63, 3.8) is 0 Å². The quantitative estimate of drug-likeness (QED) is 0.546. The maximum absolute atomic E-state index is 12.7. The van der Waals surface area contributed by atoms with Gasteiger partial charge in [-0.25, -0.2) is 8.42 Å². The van der Waals surface area contributed by atoms with Gasteiger partial charge in [-0.1, -0.05) is 38.1 Å². The number of sulfonamides is 1. The first kappa shape index (κ1) is 20.9. The zero-order valence-corrected chi connectivity index (χ0v) is 17.3. The molecular formula is C20H24N4O4S. The number of nitrogens with zero attached hydrogens (tertiary/aromatic N) is 3. The molecule has 8 nitrogen and oxygen atoms in total. The van der Waals surface area contributed by atoms with Gasteiger partial charge in [0.05, 0.1) is 15.5 Å². The van der Waals surface area contributed by atoms with Crippen LogP contribution in [0.25, 0.3) is 0 Å². The minimum Gasteiger partial charge on any atom is -0.271 e. The van der Waals surface area contributed by atoms with Crippen molar-refractivity contribution in [1.29, 1.82) is 0 Å². The molecule has 1 N–H and O–H groups in total. The lowest BCUT2D eigenvalue weighted by molar-refractivity contribution is -0.384. The molecule has 0 amide bonds. The van der Waals surface area contributed by atoms with Gasteiger partial charge in [-0.2, -0.15) is 9.41 Å². The molecule has 0 aromatic heterocycles. The number of aryl methyl sites for hydroxylation is 1. The fraction of sp³-hybridized carbons (Fsp3) is 0.350. The molecule has 1 aliphatic rings. The van der Waals surface area contributed by atoms with Gasteiger partial charge in [0.15, 0.2) is 0 Å². The van der Waals surface area contributed by atoms with Crippen LogP contribution in [-0.4, -0.2) is 36.4 Å². The lowest BCUT2D eigenvalue weighted by Crippen LogP contribution is -2.30. The minimum absolute atomic E-state index is 0.103. The minimum atomic E-state index is -3.78. The molecule has 0 spiro atoms. The van der Waals surface area contributed by atoms with Crippen LogP contribution in [0.3, 0.4) is 0 Å². The zero-order chi connectivity index (χ0) is 21.0. The SMILES string of the molecule is CCN(CC)S(=O)(=O)c1ccc(NN=C2CCCc3ccccc32)c([N+](=O)[O-])c1.